The Kier molecular flexibility index (Phi) is 7.60. The van der Waals surface area contributed by atoms with E-state index in [2.05, 4.69) is 51.1 Å². The van der Waals surface area contributed by atoms with Gasteiger partial charge in [0.2, 0.25) is 5.91 Å². The average molecular weight is 544 g/mol. The van der Waals surface area contributed by atoms with Crippen molar-refractivity contribution in [2.45, 2.75) is 32.4 Å². The van der Waals surface area contributed by atoms with Crippen LogP contribution >= 0.6 is 12.2 Å². The first-order valence-electron chi connectivity index (χ1n) is 12.7. The minimum absolute atomic E-state index is 0.175. The number of hydrogen-bond acceptors (Lipinski definition) is 4. The van der Waals surface area contributed by atoms with Gasteiger partial charge >= 0.3 is 0 Å². The normalized spacial score (nSPS) is 16.7. The number of methoxy groups -OCH3 is 1. The summed E-state index contributed by atoms with van der Waals surface area (Å²) in [6.45, 7) is 4.57. The smallest absolute Gasteiger partial charge is 0.226 e. The largest absolute Gasteiger partial charge is 0.497 e. The summed E-state index contributed by atoms with van der Waals surface area (Å²) >= 11 is 5.79. The lowest BCUT2D eigenvalue weighted by Gasteiger charge is -2.28. The third-order valence-electron chi connectivity index (χ3n) is 7.01. The highest BCUT2D eigenvalue weighted by Gasteiger charge is 2.41. The van der Waals surface area contributed by atoms with Gasteiger partial charge in [-0.25, -0.2) is 4.39 Å². The Morgan fingerprint density at radius 1 is 1.10 bits per heavy atom. The molecule has 1 saturated heterocycles. The van der Waals surface area contributed by atoms with Gasteiger partial charge in [-0.1, -0.05) is 12.1 Å². The van der Waals surface area contributed by atoms with Gasteiger partial charge in [0, 0.05) is 48.0 Å². The highest BCUT2D eigenvalue weighted by atomic mass is 32.1. The first-order valence-corrected chi connectivity index (χ1v) is 13.1. The van der Waals surface area contributed by atoms with Crippen molar-refractivity contribution in [2.24, 2.45) is 0 Å². The van der Waals surface area contributed by atoms with E-state index in [1.165, 1.54) is 12.1 Å². The average Bonchev–Trinajstić information content (AvgIpc) is 3.43. The molecule has 4 aromatic rings. The van der Waals surface area contributed by atoms with Crippen LogP contribution in [0.25, 0.3) is 5.69 Å². The third-order valence-corrected chi connectivity index (χ3v) is 7.36. The number of anilines is 1. The van der Waals surface area contributed by atoms with E-state index in [9.17, 15) is 9.18 Å². The molecule has 39 heavy (non-hydrogen) atoms. The number of nitrogens with zero attached hydrogens (tertiary/aromatic N) is 3. The van der Waals surface area contributed by atoms with E-state index < -0.39 is 0 Å². The molecular formula is C30H30FN5O2S. The fourth-order valence-corrected chi connectivity index (χ4v) is 5.53. The molecule has 7 nitrogen and oxygen atoms in total. The highest BCUT2D eigenvalue weighted by Crippen LogP contribution is 2.41. The number of halogens is 1. The molecule has 9 heteroatoms. The molecule has 0 bridgehead atoms. The SMILES string of the molecule is COc1cccc(-n2c(C)cc([C@@H]3[C@@H](c4ccccn4)NC(=S)N3CCC(=O)Nc3ccc(F)cc3)c2C)c1. The molecule has 0 radical (unpaired) electrons. The zero-order valence-corrected chi connectivity index (χ0v) is 22.8. The number of nitrogens with one attached hydrogen (secondary N) is 2. The van der Waals surface area contributed by atoms with E-state index in [-0.39, 0.29) is 30.2 Å². The van der Waals surface area contributed by atoms with Crippen molar-refractivity contribution >= 4 is 28.9 Å². The first-order chi connectivity index (χ1) is 18.9. The van der Waals surface area contributed by atoms with Gasteiger partial charge < -0.3 is 24.8 Å². The van der Waals surface area contributed by atoms with Crippen LogP contribution in [-0.4, -0.2) is 39.1 Å². The van der Waals surface area contributed by atoms with E-state index in [1.54, 1.807) is 25.4 Å². The Hall–Kier alpha value is -4.24. The van der Waals surface area contributed by atoms with Gasteiger partial charge in [-0.15, -0.1) is 0 Å². The Morgan fingerprint density at radius 3 is 2.62 bits per heavy atom. The monoisotopic (exact) mass is 543 g/mol. The topological polar surface area (TPSA) is 71.4 Å². The Morgan fingerprint density at radius 2 is 1.90 bits per heavy atom. The number of hydrogen-bond donors (Lipinski definition) is 2. The maximum absolute atomic E-state index is 13.3. The van der Waals surface area contributed by atoms with Crippen LogP contribution in [-0.2, 0) is 4.79 Å². The number of thiocarbonyl (C=S) groups is 1. The standard InChI is InChI=1S/C30H30FN5O2S/c1-19-17-25(20(2)36(19)23-7-6-8-24(18-23)38-3)29-28(26-9-4-5-15-32-26)34-30(39)35(29)16-14-27(37)33-22-12-10-21(31)11-13-22/h4-13,15,17-18,28-29H,14,16H2,1-3H3,(H,33,37)(H,34,39)/t28-,29-/m1/s1. The quantitative estimate of drug-likeness (QED) is 0.281. The molecule has 0 aliphatic carbocycles. The summed E-state index contributed by atoms with van der Waals surface area (Å²) in [6.07, 6.45) is 1.98. The van der Waals surface area contributed by atoms with E-state index in [4.69, 9.17) is 17.0 Å². The number of amides is 1. The van der Waals surface area contributed by atoms with Crippen molar-refractivity contribution in [3.05, 3.63) is 107 Å². The fraction of sp³-hybridized carbons (Fsp3) is 0.233. The molecule has 1 fully saturated rings. The van der Waals surface area contributed by atoms with Crippen LogP contribution in [0, 0.1) is 19.7 Å². The van der Waals surface area contributed by atoms with Gasteiger partial charge in [0.25, 0.3) is 0 Å². The van der Waals surface area contributed by atoms with Crippen LogP contribution in [0.5, 0.6) is 5.75 Å². The lowest BCUT2D eigenvalue weighted by Crippen LogP contribution is -2.32. The van der Waals surface area contributed by atoms with Gasteiger partial charge in [-0.05, 0) is 86.2 Å². The summed E-state index contributed by atoms with van der Waals surface area (Å²) < 4.78 is 20.9. The number of pyridine rings is 1. The molecule has 2 N–H and O–H groups in total. The van der Waals surface area contributed by atoms with Gasteiger partial charge in [-0.3, -0.25) is 9.78 Å². The predicted octanol–water partition coefficient (Wildman–Crippen LogP) is 5.64. The molecule has 2 aromatic heterocycles. The van der Waals surface area contributed by atoms with Crippen molar-refractivity contribution in [2.75, 3.05) is 19.0 Å². The maximum Gasteiger partial charge on any atom is 0.226 e. The molecule has 1 aliphatic rings. The predicted molar refractivity (Wildman–Crippen MR) is 154 cm³/mol. The van der Waals surface area contributed by atoms with Crippen molar-refractivity contribution < 1.29 is 13.9 Å². The third kappa shape index (κ3) is 5.49. The molecule has 0 saturated carbocycles. The van der Waals surface area contributed by atoms with Crippen LogP contribution in [0.3, 0.4) is 0 Å². The molecule has 2 aromatic carbocycles. The Labute approximate surface area is 232 Å². The molecule has 0 spiro atoms. The second-order valence-electron chi connectivity index (χ2n) is 9.49. The van der Waals surface area contributed by atoms with Gasteiger partial charge in [0.05, 0.1) is 24.9 Å². The van der Waals surface area contributed by atoms with Crippen LogP contribution in [0.15, 0.2) is 79.0 Å². The lowest BCUT2D eigenvalue weighted by atomic mass is 9.96. The Balaban J connectivity index is 1.47. The lowest BCUT2D eigenvalue weighted by molar-refractivity contribution is -0.116. The van der Waals surface area contributed by atoms with Crippen LogP contribution in [0.1, 0.15) is 41.1 Å². The van der Waals surface area contributed by atoms with Crippen molar-refractivity contribution in [3.63, 3.8) is 0 Å². The summed E-state index contributed by atoms with van der Waals surface area (Å²) in [4.78, 5) is 19.5. The number of carbonyl (C=O) groups excluding carboxylic acids is 1. The van der Waals surface area contributed by atoms with E-state index in [0.717, 1.165) is 34.1 Å². The number of benzene rings is 2. The molecule has 200 valence electrons. The number of aromatic nitrogens is 2. The maximum atomic E-state index is 13.3. The van der Waals surface area contributed by atoms with E-state index in [0.29, 0.717) is 17.3 Å². The van der Waals surface area contributed by atoms with E-state index in [1.807, 2.05) is 36.4 Å². The van der Waals surface area contributed by atoms with Gasteiger partial charge in [0.1, 0.15) is 11.6 Å². The van der Waals surface area contributed by atoms with Crippen molar-refractivity contribution in [1.29, 1.82) is 0 Å². The number of rotatable bonds is 8. The van der Waals surface area contributed by atoms with E-state index >= 15 is 0 Å². The number of ether oxygens (including phenoxy) is 1. The number of aryl methyl sites for hydroxylation is 1. The fourth-order valence-electron chi connectivity index (χ4n) is 5.20. The zero-order chi connectivity index (χ0) is 27.5. The van der Waals surface area contributed by atoms with Crippen molar-refractivity contribution in [3.8, 4) is 11.4 Å². The van der Waals surface area contributed by atoms with Crippen LogP contribution < -0.4 is 15.4 Å². The number of carbonyl (C=O) groups is 1. The summed E-state index contributed by atoms with van der Waals surface area (Å²) in [7, 11) is 1.66. The molecule has 0 unspecified atom stereocenters. The molecule has 5 rings (SSSR count). The first kappa shape index (κ1) is 26.4. The summed E-state index contributed by atoms with van der Waals surface area (Å²) in [5.41, 5.74) is 5.66. The minimum Gasteiger partial charge on any atom is -0.497 e. The molecular weight excluding hydrogens is 513 g/mol. The molecule has 1 amide bonds. The van der Waals surface area contributed by atoms with Crippen LogP contribution in [0.4, 0.5) is 10.1 Å². The molecule has 1 aliphatic heterocycles. The Bertz CT molecular complexity index is 1490. The van der Waals surface area contributed by atoms with Crippen LogP contribution in [0.2, 0.25) is 0 Å². The summed E-state index contributed by atoms with van der Waals surface area (Å²) in [6, 6.07) is 21.3. The summed E-state index contributed by atoms with van der Waals surface area (Å²) in [5.74, 6) is 0.258. The second-order valence-corrected chi connectivity index (χ2v) is 9.88. The zero-order valence-electron chi connectivity index (χ0n) is 22.0. The molecule has 3 heterocycles. The second kappa shape index (κ2) is 11.2. The van der Waals surface area contributed by atoms with Gasteiger partial charge in [0.15, 0.2) is 5.11 Å². The van der Waals surface area contributed by atoms with Crippen molar-refractivity contribution in [1.82, 2.24) is 19.8 Å². The summed E-state index contributed by atoms with van der Waals surface area (Å²) in [5, 5.41) is 6.86. The highest BCUT2D eigenvalue weighted by molar-refractivity contribution is 7.80. The molecule has 2 atom stereocenters. The van der Waals surface area contributed by atoms with Gasteiger partial charge in [-0.2, -0.15) is 0 Å². The minimum atomic E-state index is -0.351.